The number of rotatable bonds is 13. The number of hydrogen-bond donors (Lipinski definition) is 1. The molecule has 0 amide bonds. The van der Waals surface area contributed by atoms with E-state index < -0.39 is 0 Å². The average molecular weight is 545 g/mol. The van der Waals surface area contributed by atoms with Crippen molar-refractivity contribution in [1.29, 1.82) is 0 Å². The van der Waals surface area contributed by atoms with E-state index in [2.05, 4.69) is 20.8 Å². The molecule has 7 nitrogen and oxygen atoms in total. The van der Waals surface area contributed by atoms with Crippen LogP contribution in [0.5, 0.6) is 11.5 Å². The van der Waals surface area contributed by atoms with Crippen LogP contribution in [0, 0.1) is 0 Å². The van der Waals surface area contributed by atoms with Gasteiger partial charge >= 0.3 is 0 Å². The predicted molar refractivity (Wildman–Crippen MR) is 145 cm³/mol. The number of benzene rings is 3. The lowest BCUT2D eigenvalue weighted by Crippen LogP contribution is -2.15. The Labute approximate surface area is 225 Å². The molecule has 1 N–H and O–H groups in total. The first-order valence-corrected chi connectivity index (χ1v) is 13.4. The van der Waals surface area contributed by atoms with E-state index in [0.717, 1.165) is 40.7 Å². The second-order valence-corrected chi connectivity index (χ2v) is 9.68. The fraction of sp³-hybridized carbons (Fsp3) is 0.269. The number of ether oxygens (including phenoxy) is 2. The monoisotopic (exact) mass is 543 g/mol. The van der Waals surface area contributed by atoms with Crippen LogP contribution >= 0.6 is 35.0 Å². The molecule has 0 atom stereocenters. The highest BCUT2D eigenvalue weighted by Gasteiger charge is 2.14. The largest absolute Gasteiger partial charge is 0.490 e. The van der Waals surface area contributed by atoms with E-state index >= 15 is 0 Å². The summed E-state index contributed by atoms with van der Waals surface area (Å²) in [6.45, 7) is 4.25. The Balaban J connectivity index is 1.27. The molecule has 0 radical (unpaired) electrons. The van der Waals surface area contributed by atoms with Gasteiger partial charge < -0.3 is 14.8 Å². The Kier molecular flexibility index (Phi) is 9.86. The Hall–Kier alpha value is -2.78. The molecule has 0 aliphatic rings. The Morgan fingerprint density at radius 2 is 1.78 bits per heavy atom. The maximum absolute atomic E-state index is 6.57. The lowest BCUT2D eigenvalue weighted by atomic mass is 10.2. The van der Waals surface area contributed by atoms with Crippen LogP contribution in [-0.2, 0) is 13.2 Å². The summed E-state index contributed by atoms with van der Waals surface area (Å²) < 4.78 is 13.6. The minimum Gasteiger partial charge on any atom is -0.490 e. The number of para-hydroxylation sites is 1. The normalized spacial score (nSPS) is 11.0. The van der Waals surface area contributed by atoms with Gasteiger partial charge in [0, 0.05) is 22.9 Å². The second-order valence-electron chi connectivity index (χ2n) is 7.81. The third-order valence-electron chi connectivity index (χ3n) is 5.20. The fourth-order valence-electron chi connectivity index (χ4n) is 3.49. The molecule has 0 saturated carbocycles. The molecule has 0 spiro atoms. The van der Waals surface area contributed by atoms with E-state index in [9.17, 15) is 0 Å². The SMILES string of the molecule is CCOc1cc(CNCCCSc2nnnn2-c2ccccc2)cc(Cl)c1OCc1ccccc1Cl. The van der Waals surface area contributed by atoms with Crippen molar-refractivity contribution in [2.75, 3.05) is 18.9 Å². The van der Waals surface area contributed by atoms with E-state index in [0.29, 0.717) is 41.3 Å². The smallest absolute Gasteiger partial charge is 0.214 e. The molecule has 0 fully saturated rings. The van der Waals surface area contributed by atoms with Gasteiger partial charge in [0.05, 0.1) is 17.3 Å². The van der Waals surface area contributed by atoms with Gasteiger partial charge in [0.25, 0.3) is 0 Å². The van der Waals surface area contributed by atoms with Crippen LogP contribution in [-0.4, -0.2) is 39.1 Å². The summed E-state index contributed by atoms with van der Waals surface area (Å²) in [7, 11) is 0. The van der Waals surface area contributed by atoms with Gasteiger partial charge in [-0.25, -0.2) is 0 Å². The quantitative estimate of drug-likeness (QED) is 0.158. The summed E-state index contributed by atoms with van der Waals surface area (Å²) >= 11 is 14.5. The van der Waals surface area contributed by atoms with Crippen molar-refractivity contribution in [3.63, 3.8) is 0 Å². The molecular weight excluding hydrogens is 517 g/mol. The zero-order chi connectivity index (χ0) is 25.2. The maximum Gasteiger partial charge on any atom is 0.214 e. The van der Waals surface area contributed by atoms with Gasteiger partial charge in [-0.15, -0.1) is 5.10 Å². The van der Waals surface area contributed by atoms with E-state index in [-0.39, 0.29) is 0 Å². The van der Waals surface area contributed by atoms with Gasteiger partial charge in [-0.05, 0) is 66.2 Å². The van der Waals surface area contributed by atoms with E-state index in [4.69, 9.17) is 32.7 Å². The van der Waals surface area contributed by atoms with Crippen LogP contribution < -0.4 is 14.8 Å². The zero-order valence-corrected chi connectivity index (χ0v) is 22.2. The van der Waals surface area contributed by atoms with Gasteiger partial charge in [0.1, 0.15) is 6.61 Å². The summed E-state index contributed by atoms with van der Waals surface area (Å²) in [6.07, 6.45) is 0.956. The standard InChI is InChI=1S/C26H27Cl2N5O2S/c1-2-34-24-16-19(15-23(28)25(24)35-18-20-9-6-7-12-22(20)27)17-29-13-8-14-36-26-30-31-32-33(26)21-10-4-3-5-11-21/h3-7,9-12,15-16,29H,2,8,13-14,17-18H2,1H3. The van der Waals surface area contributed by atoms with Gasteiger partial charge in [0.2, 0.25) is 5.16 Å². The molecule has 1 heterocycles. The predicted octanol–water partition coefficient (Wildman–Crippen LogP) is 6.22. The Morgan fingerprint density at radius 1 is 0.972 bits per heavy atom. The molecule has 0 bridgehead atoms. The summed E-state index contributed by atoms with van der Waals surface area (Å²) in [4.78, 5) is 0. The highest BCUT2D eigenvalue weighted by atomic mass is 35.5. The third-order valence-corrected chi connectivity index (χ3v) is 6.85. The number of halogens is 2. The first kappa shape index (κ1) is 26.3. The van der Waals surface area contributed by atoms with Crippen molar-refractivity contribution in [1.82, 2.24) is 25.5 Å². The number of tetrazole rings is 1. The van der Waals surface area contributed by atoms with Crippen molar-refractivity contribution in [3.8, 4) is 17.2 Å². The summed E-state index contributed by atoms with van der Waals surface area (Å²) in [5.41, 5.74) is 2.86. The van der Waals surface area contributed by atoms with Gasteiger partial charge in [-0.2, -0.15) is 4.68 Å². The highest BCUT2D eigenvalue weighted by molar-refractivity contribution is 7.99. The van der Waals surface area contributed by atoms with Crippen LogP contribution in [0.4, 0.5) is 0 Å². The molecular formula is C26H27Cl2N5O2S. The number of hydrogen-bond acceptors (Lipinski definition) is 7. The maximum atomic E-state index is 6.57. The number of thioether (sulfide) groups is 1. The molecule has 36 heavy (non-hydrogen) atoms. The third kappa shape index (κ3) is 7.13. The topological polar surface area (TPSA) is 74.1 Å². The Bertz CT molecular complexity index is 1260. The second kappa shape index (κ2) is 13.5. The molecule has 0 aliphatic carbocycles. The van der Waals surface area contributed by atoms with Gasteiger partial charge in [0.15, 0.2) is 11.5 Å². The lowest BCUT2D eigenvalue weighted by Gasteiger charge is -2.16. The number of nitrogens with zero attached hydrogens (tertiary/aromatic N) is 4. The van der Waals surface area contributed by atoms with E-state index in [1.807, 2.05) is 73.7 Å². The molecule has 188 valence electrons. The number of aromatic nitrogens is 4. The summed E-state index contributed by atoms with van der Waals surface area (Å²) in [5.74, 6) is 2.03. The fourth-order valence-corrected chi connectivity index (χ4v) is 4.79. The average Bonchev–Trinajstić information content (AvgIpc) is 3.36. The summed E-state index contributed by atoms with van der Waals surface area (Å²) in [6, 6.07) is 21.3. The molecule has 0 saturated heterocycles. The minimum absolute atomic E-state index is 0.308. The van der Waals surface area contributed by atoms with E-state index in [1.165, 1.54) is 0 Å². The molecule has 0 unspecified atom stereocenters. The Morgan fingerprint density at radius 3 is 2.58 bits per heavy atom. The van der Waals surface area contributed by atoms with E-state index in [1.54, 1.807) is 16.4 Å². The highest BCUT2D eigenvalue weighted by Crippen LogP contribution is 2.37. The van der Waals surface area contributed by atoms with Crippen LogP contribution in [0.25, 0.3) is 5.69 Å². The molecule has 0 aliphatic heterocycles. The number of nitrogens with one attached hydrogen (secondary N) is 1. The van der Waals surface area contributed by atoms with Crippen molar-refractivity contribution < 1.29 is 9.47 Å². The first-order valence-electron chi connectivity index (χ1n) is 11.6. The molecule has 4 aromatic rings. The summed E-state index contributed by atoms with van der Waals surface area (Å²) in [5, 5.41) is 17.4. The minimum atomic E-state index is 0.308. The molecule has 10 heteroatoms. The van der Waals surface area contributed by atoms with Gasteiger partial charge in [-0.1, -0.05) is 71.4 Å². The van der Waals surface area contributed by atoms with Crippen molar-refractivity contribution in [2.24, 2.45) is 0 Å². The lowest BCUT2D eigenvalue weighted by molar-refractivity contribution is 0.269. The zero-order valence-electron chi connectivity index (χ0n) is 19.9. The van der Waals surface area contributed by atoms with Crippen molar-refractivity contribution in [3.05, 3.63) is 87.9 Å². The van der Waals surface area contributed by atoms with Crippen molar-refractivity contribution in [2.45, 2.75) is 31.7 Å². The molecule has 1 aromatic heterocycles. The van der Waals surface area contributed by atoms with Crippen LogP contribution in [0.3, 0.4) is 0 Å². The molecule has 4 rings (SSSR count). The van der Waals surface area contributed by atoms with Crippen LogP contribution in [0.2, 0.25) is 10.0 Å². The van der Waals surface area contributed by atoms with Crippen LogP contribution in [0.1, 0.15) is 24.5 Å². The van der Waals surface area contributed by atoms with Crippen molar-refractivity contribution >= 4 is 35.0 Å². The van der Waals surface area contributed by atoms with Gasteiger partial charge in [-0.3, -0.25) is 0 Å². The first-order chi connectivity index (χ1) is 17.7. The van der Waals surface area contributed by atoms with Crippen LogP contribution in [0.15, 0.2) is 71.9 Å². The molecule has 3 aromatic carbocycles.